The fourth-order valence-corrected chi connectivity index (χ4v) is 3.21. The minimum atomic E-state index is 0.437. The van der Waals surface area contributed by atoms with Gasteiger partial charge >= 0.3 is 0 Å². The zero-order chi connectivity index (χ0) is 11.2. The third-order valence-corrected chi connectivity index (χ3v) is 4.43. The van der Waals surface area contributed by atoms with Crippen molar-refractivity contribution in [2.75, 3.05) is 13.1 Å². The topological polar surface area (TPSA) is 29.9 Å². The Morgan fingerprint density at radius 2 is 2.25 bits per heavy atom. The van der Waals surface area contributed by atoms with Crippen LogP contribution >= 0.6 is 0 Å². The SMILES string of the molecule is CC1(C)CCCC1n1cncc1C1CNC1. The normalized spacial score (nSPS) is 29.2. The van der Waals surface area contributed by atoms with Crippen molar-refractivity contribution in [3.8, 4) is 0 Å². The van der Waals surface area contributed by atoms with Gasteiger partial charge in [-0.25, -0.2) is 4.98 Å². The van der Waals surface area contributed by atoms with Gasteiger partial charge in [0.25, 0.3) is 0 Å². The van der Waals surface area contributed by atoms with Crippen LogP contribution in [0.15, 0.2) is 12.5 Å². The maximum Gasteiger partial charge on any atom is 0.0951 e. The first kappa shape index (κ1) is 10.3. The largest absolute Gasteiger partial charge is 0.331 e. The number of imidazole rings is 1. The summed E-state index contributed by atoms with van der Waals surface area (Å²) in [4.78, 5) is 4.37. The van der Waals surface area contributed by atoms with Crippen molar-refractivity contribution in [3.05, 3.63) is 18.2 Å². The van der Waals surface area contributed by atoms with Crippen molar-refractivity contribution in [2.45, 2.75) is 45.1 Å². The standard InChI is InChI=1S/C13H21N3/c1-13(2)5-3-4-12(13)16-9-15-8-11(16)10-6-14-7-10/h8-10,12,14H,3-7H2,1-2H3. The van der Waals surface area contributed by atoms with Crippen molar-refractivity contribution < 1.29 is 0 Å². The third kappa shape index (κ3) is 1.49. The van der Waals surface area contributed by atoms with Crippen LogP contribution < -0.4 is 5.32 Å². The third-order valence-electron chi connectivity index (χ3n) is 4.43. The zero-order valence-electron chi connectivity index (χ0n) is 10.2. The summed E-state index contributed by atoms with van der Waals surface area (Å²) < 4.78 is 2.46. The molecule has 3 rings (SSSR count). The molecule has 0 radical (unpaired) electrons. The number of aromatic nitrogens is 2. The van der Waals surface area contributed by atoms with E-state index in [9.17, 15) is 0 Å². The monoisotopic (exact) mass is 219 g/mol. The van der Waals surface area contributed by atoms with E-state index in [0.717, 1.165) is 13.1 Å². The molecule has 0 aromatic carbocycles. The van der Waals surface area contributed by atoms with Crippen LogP contribution in [0.1, 0.15) is 50.8 Å². The molecular weight excluding hydrogens is 198 g/mol. The van der Waals surface area contributed by atoms with Gasteiger partial charge in [-0.1, -0.05) is 20.3 Å². The second kappa shape index (κ2) is 3.59. The first-order valence-corrected chi connectivity index (χ1v) is 6.41. The summed E-state index contributed by atoms with van der Waals surface area (Å²) in [6.45, 7) is 7.04. The summed E-state index contributed by atoms with van der Waals surface area (Å²) in [6, 6.07) is 0.658. The Morgan fingerprint density at radius 1 is 1.44 bits per heavy atom. The van der Waals surface area contributed by atoms with Gasteiger partial charge < -0.3 is 9.88 Å². The summed E-state index contributed by atoms with van der Waals surface area (Å²) in [7, 11) is 0. The summed E-state index contributed by atoms with van der Waals surface area (Å²) in [5, 5.41) is 3.35. The van der Waals surface area contributed by atoms with Crippen LogP contribution in [0.3, 0.4) is 0 Å². The number of nitrogens with zero attached hydrogens (tertiary/aromatic N) is 2. The van der Waals surface area contributed by atoms with Crippen molar-refractivity contribution >= 4 is 0 Å². The summed E-state index contributed by atoms with van der Waals surface area (Å²) >= 11 is 0. The lowest BCUT2D eigenvalue weighted by molar-refractivity contribution is 0.249. The van der Waals surface area contributed by atoms with Crippen molar-refractivity contribution in [1.29, 1.82) is 0 Å². The molecule has 1 saturated carbocycles. The highest BCUT2D eigenvalue weighted by Crippen LogP contribution is 2.46. The van der Waals surface area contributed by atoms with E-state index in [0.29, 0.717) is 17.4 Å². The second-order valence-corrected chi connectivity index (χ2v) is 5.98. The Kier molecular flexibility index (Phi) is 2.32. The molecule has 2 heterocycles. The van der Waals surface area contributed by atoms with Gasteiger partial charge in [-0.3, -0.25) is 0 Å². The Balaban J connectivity index is 1.91. The summed E-state index contributed by atoms with van der Waals surface area (Å²) in [5.74, 6) is 0.693. The maximum atomic E-state index is 4.37. The van der Waals surface area contributed by atoms with E-state index in [-0.39, 0.29) is 0 Å². The average molecular weight is 219 g/mol. The number of nitrogens with one attached hydrogen (secondary N) is 1. The predicted molar refractivity (Wildman–Crippen MR) is 64.5 cm³/mol. The van der Waals surface area contributed by atoms with Gasteiger partial charge in [0.15, 0.2) is 0 Å². The summed E-state index contributed by atoms with van der Waals surface area (Å²) in [5.41, 5.74) is 1.88. The van der Waals surface area contributed by atoms with E-state index in [4.69, 9.17) is 0 Å². The van der Waals surface area contributed by atoms with Crippen LogP contribution in [0.2, 0.25) is 0 Å². The molecule has 16 heavy (non-hydrogen) atoms. The Bertz CT molecular complexity index is 376. The molecule has 2 fully saturated rings. The zero-order valence-corrected chi connectivity index (χ0v) is 10.2. The molecule has 1 aromatic heterocycles. The molecule has 1 unspecified atom stereocenters. The van der Waals surface area contributed by atoms with Gasteiger partial charge in [-0.05, 0) is 18.3 Å². The molecule has 88 valence electrons. The number of rotatable bonds is 2. The van der Waals surface area contributed by atoms with Gasteiger partial charge in [0, 0.05) is 36.9 Å². The first-order valence-electron chi connectivity index (χ1n) is 6.41. The highest BCUT2D eigenvalue weighted by atomic mass is 15.1. The smallest absolute Gasteiger partial charge is 0.0951 e. The maximum absolute atomic E-state index is 4.37. The van der Waals surface area contributed by atoms with Gasteiger partial charge in [-0.15, -0.1) is 0 Å². The highest BCUT2D eigenvalue weighted by Gasteiger charge is 2.37. The predicted octanol–water partition coefficient (Wildman–Crippen LogP) is 2.32. The van der Waals surface area contributed by atoms with E-state index < -0.39 is 0 Å². The van der Waals surface area contributed by atoms with Crippen molar-refractivity contribution in [3.63, 3.8) is 0 Å². The molecule has 1 atom stereocenters. The van der Waals surface area contributed by atoms with E-state index in [1.54, 1.807) is 0 Å². The lowest BCUT2D eigenvalue weighted by Crippen LogP contribution is -2.41. The lowest BCUT2D eigenvalue weighted by atomic mass is 9.86. The van der Waals surface area contributed by atoms with Crippen LogP contribution in [-0.2, 0) is 0 Å². The molecule has 1 aliphatic carbocycles. The molecule has 1 aromatic rings. The number of hydrogen-bond donors (Lipinski definition) is 1. The van der Waals surface area contributed by atoms with E-state index in [1.165, 1.54) is 25.0 Å². The first-order chi connectivity index (χ1) is 7.68. The number of hydrogen-bond acceptors (Lipinski definition) is 2. The Hall–Kier alpha value is -0.830. The van der Waals surface area contributed by atoms with Crippen LogP contribution in [0.4, 0.5) is 0 Å². The molecule has 3 nitrogen and oxygen atoms in total. The van der Waals surface area contributed by atoms with Gasteiger partial charge in [0.1, 0.15) is 0 Å². The van der Waals surface area contributed by atoms with E-state index in [1.807, 2.05) is 6.33 Å². The minimum Gasteiger partial charge on any atom is -0.331 e. The molecule has 1 aliphatic heterocycles. The quantitative estimate of drug-likeness (QED) is 0.827. The molecule has 0 amide bonds. The molecule has 1 saturated heterocycles. The van der Waals surface area contributed by atoms with Gasteiger partial charge in [0.2, 0.25) is 0 Å². The minimum absolute atomic E-state index is 0.437. The molecule has 0 bridgehead atoms. The van der Waals surface area contributed by atoms with E-state index >= 15 is 0 Å². The summed E-state index contributed by atoms with van der Waals surface area (Å²) in [6.07, 6.45) is 8.14. The Labute approximate surface area is 97.3 Å². The fraction of sp³-hybridized carbons (Fsp3) is 0.769. The average Bonchev–Trinajstić information content (AvgIpc) is 2.69. The van der Waals surface area contributed by atoms with E-state index in [2.05, 4.69) is 34.9 Å². The van der Waals surface area contributed by atoms with Crippen LogP contribution in [0, 0.1) is 5.41 Å². The molecular formula is C13H21N3. The molecule has 1 N–H and O–H groups in total. The highest BCUT2D eigenvalue weighted by molar-refractivity contribution is 5.14. The molecule has 0 spiro atoms. The second-order valence-electron chi connectivity index (χ2n) is 5.98. The lowest BCUT2D eigenvalue weighted by Gasteiger charge is -2.34. The fourth-order valence-electron chi connectivity index (χ4n) is 3.21. The van der Waals surface area contributed by atoms with Gasteiger partial charge in [-0.2, -0.15) is 0 Å². The van der Waals surface area contributed by atoms with Crippen LogP contribution in [0.5, 0.6) is 0 Å². The molecule has 2 aliphatic rings. The van der Waals surface area contributed by atoms with Crippen molar-refractivity contribution in [1.82, 2.24) is 14.9 Å². The van der Waals surface area contributed by atoms with Crippen molar-refractivity contribution in [2.24, 2.45) is 5.41 Å². The molecule has 3 heteroatoms. The Morgan fingerprint density at radius 3 is 2.81 bits per heavy atom. The van der Waals surface area contributed by atoms with Crippen LogP contribution in [0.25, 0.3) is 0 Å². The van der Waals surface area contributed by atoms with Crippen LogP contribution in [-0.4, -0.2) is 22.6 Å². The van der Waals surface area contributed by atoms with Gasteiger partial charge in [0.05, 0.1) is 6.33 Å².